The highest BCUT2D eigenvalue weighted by atomic mass is 35.5. The van der Waals surface area contributed by atoms with Crippen molar-refractivity contribution in [3.05, 3.63) is 34.9 Å². The van der Waals surface area contributed by atoms with Crippen LogP contribution in [0.4, 0.5) is 0 Å². The van der Waals surface area contributed by atoms with E-state index in [0.29, 0.717) is 18.2 Å². The lowest BCUT2D eigenvalue weighted by Gasteiger charge is -2.37. The summed E-state index contributed by atoms with van der Waals surface area (Å²) >= 11 is 6.26. The number of piperazine rings is 1. The van der Waals surface area contributed by atoms with Crippen molar-refractivity contribution in [1.29, 1.82) is 0 Å². The van der Waals surface area contributed by atoms with Crippen molar-refractivity contribution < 1.29 is 9.53 Å². The maximum absolute atomic E-state index is 12.3. The molecular formula is C15H22Cl2N2O2. The summed E-state index contributed by atoms with van der Waals surface area (Å²) in [5, 5.41) is 4.02. The molecule has 0 radical (unpaired) electrons. The lowest BCUT2D eigenvalue weighted by atomic mass is 10.0. The van der Waals surface area contributed by atoms with Gasteiger partial charge >= 0.3 is 0 Å². The van der Waals surface area contributed by atoms with Gasteiger partial charge in [-0.1, -0.05) is 36.7 Å². The summed E-state index contributed by atoms with van der Waals surface area (Å²) in [4.78, 5) is 14.2. The molecule has 1 atom stereocenters. The Morgan fingerprint density at radius 2 is 2.24 bits per heavy atom. The van der Waals surface area contributed by atoms with Crippen LogP contribution in [-0.4, -0.2) is 43.7 Å². The SMILES string of the molecule is CCCOCC(=O)N1CCNCC1c1ccccc1Cl.Cl. The zero-order valence-electron chi connectivity index (χ0n) is 12.2. The molecule has 1 amide bonds. The van der Waals surface area contributed by atoms with Crippen LogP contribution in [0.3, 0.4) is 0 Å². The fraction of sp³-hybridized carbons (Fsp3) is 0.533. The van der Waals surface area contributed by atoms with Crippen molar-refractivity contribution in [2.45, 2.75) is 19.4 Å². The number of hydrogen-bond acceptors (Lipinski definition) is 3. The van der Waals surface area contributed by atoms with Crippen molar-refractivity contribution >= 4 is 29.9 Å². The quantitative estimate of drug-likeness (QED) is 0.843. The molecule has 1 aromatic rings. The topological polar surface area (TPSA) is 41.6 Å². The number of hydrogen-bond donors (Lipinski definition) is 1. The van der Waals surface area contributed by atoms with E-state index in [0.717, 1.165) is 25.1 Å². The molecule has 1 unspecified atom stereocenters. The Morgan fingerprint density at radius 3 is 2.95 bits per heavy atom. The first-order valence-corrected chi connectivity index (χ1v) is 7.44. The second-order valence-electron chi connectivity index (χ2n) is 4.88. The molecule has 2 rings (SSSR count). The Morgan fingerprint density at radius 1 is 1.48 bits per heavy atom. The van der Waals surface area contributed by atoms with E-state index in [1.54, 1.807) is 0 Å². The minimum absolute atomic E-state index is 0. The van der Waals surface area contributed by atoms with E-state index in [1.807, 2.05) is 36.1 Å². The number of benzene rings is 1. The number of nitrogens with zero attached hydrogens (tertiary/aromatic N) is 1. The van der Waals surface area contributed by atoms with E-state index in [4.69, 9.17) is 16.3 Å². The molecule has 0 aliphatic carbocycles. The molecular weight excluding hydrogens is 311 g/mol. The molecule has 1 aliphatic rings. The summed E-state index contributed by atoms with van der Waals surface area (Å²) in [6.07, 6.45) is 0.919. The Labute approximate surface area is 137 Å². The number of nitrogens with one attached hydrogen (secondary N) is 1. The van der Waals surface area contributed by atoms with Crippen molar-refractivity contribution in [2.75, 3.05) is 32.8 Å². The molecule has 1 aliphatic heterocycles. The third kappa shape index (κ3) is 4.85. The van der Waals surface area contributed by atoms with Crippen LogP contribution in [0, 0.1) is 0 Å². The number of halogens is 2. The Hall–Kier alpha value is -0.810. The average Bonchev–Trinajstić information content (AvgIpc) is 2.48. The summed E-state index contributed by atoms with van der Waals surface area (Å²) in [5.74, 6) is 0.0323. The molecule has 6 heteroatoms. The molecule has 1 N–H and O–H groups in total. The van der Waals surface area contributed by atoms with E-state index in [1.165, 1.54) is 0 Å². The highest BCUT2D eigenvalue weighted by molar-refractivity contribution is 6.31. The van der Waals surface area contributed by atoms with Crippen molar-refractivity contribution in [3.8, 4) is 0 Å². The molecule has 1 heterocycles. The second kappa shape index (κ2) is 9.26. The van der Waals surface area contributed by atoms with Crippen LogP contribution >= 0.6 is 24.0 Å². The minimum Gasteiger partial charge on any atom is -0.372 e. The molecule has 1 aromatic carbocycles. The normalized spacial score (nSPS) is 18.2. The van der Waals surface area contributed by atoms with Gasteiger partial charge in [0.2, 0.25) is 5.91 Å². The van der Waals surface area contributed by atoms with Gasteiger partial charge in [-0.2, -0.15) is 0 Å². The first-order valence-electron chi connectivity index (χ1n) is 7.06. The lowest BCUT2D eigenvalue weighted by molar-refractivity contribution is -0.139. The summed E-state index contributed by atoms with van der Waals surface area (Å²) in [5.41, 5.74) is 0.991. The van der Waals surface area contributed by atoms with Crippen molar-refractivity contribution in [1.82, 2.24) is 10.2 Å². The summed E-state index contributed by atoms with van der Waals surface area (Å²) < 4.78 is 5.37. The van der Waals surface area contributed by atoms with Crippen LogP contribution in [0.5, 0.6) is 0 Å². The number of ether oxygens (including phenoxy) is 1. The maximum Gasteiger partial charge on any atom is 0.249 e. The Bertz CT molecular complexity index is 457. The van der Waals surface area contributed by atoms with Crippen molar-refractivity contribution in [2.24, 2.45) is 0 Å². The highest BCUT2D eigenvalue weighted by Gasteiger charge is 2.28. The molecule has 4 nitrogen and oxygen atoms in total. The van der Waals surface area contributed by atoms with Gasteiger partial charge in [0, 0.05) is 31.3 Å². The molecule has 118 valence electrons. The van der Waals surface area contributed by atoms with Gasteiger partial charge in [0.05, 0.1) is 6.04 Å². The number of amides is 1. The van der Waals surface area contributed by atoms with Crippen LogP contribution in [0.15, 0.2) is 24.3 Å². The Balaban J connectivity index is 0.00000220. The van der Waals surface area contributed by atoms with Gasteiger partial charge in [-0.3, -0.25) is 4.79 Å². The molecule has 21 heavy (non-hydrogen) atoms. The zero-order chi connectivity index (χ0) is 14.4. The van der Waals surface area contributed by atoms with Crippen LogP contribution in [0.25, 0.3) is 0 Å². The molecule has 1 saturated heterocycles. The van der Waals surface area contributed by atoms with Crippen LogP contribution in [0.1, 0.15) is 24.9 Å². The minimum atomic E-state index is -0.0184. The van der Waals surface area contributed by atoms with E-state index < -0.39 is 0 Å². The smallest absolute Gasteiger partial charge is 0.249 e. The average molecular weight is 333 g/mol. The Kier molecular flexibility index (Phi) is 8.04. The fourth-order valence-electron chi connectivity index (χ4n) is 2.41. The first kappa shape index (κ1) is 18.2. The second-order valence-corrected chi connectivity index (χ2v) is 5.29. The third-order valence-electron chi connectivity index (χ3n) is 3.40. The van der Waals surface area contributed by atoms with E-state index in [-0.39, 0.29) is 31.0 Å². The van der Waals surface area contributed by atoms with Gasteiger partial charge in [0.25, 0.3) is 0 Å². The largest absolute Gasteiger partial charge is 0.372 e. The lowest BCUT2D eigenvalue weighted by Crippen LogP contribution is -2.49. The highest BCUT2D eigenvalue weighted by Crippen LogP contribution is 2.28. The molecule has 0 aromatic heterocycles. The van der Waals surface area contributed by atoms with Gasteiger partial charge in [-0.25, -0.2) is 0 Å². The molecule has 0 spiro atoms. The van der Waals surface area contributed by atoms with Gasteiger partial charge in [-0.05, 0) is 18.1 Å². The van der Waals surface area contributed by atoms with E-state index >= 15 is 0 Å². The predicted molar refractivity (Wildman–Crippen MR) is 87.1 cm³/mol. The summed E-state index contributed by atoms with van der Waals surface area (Å²) in [7, 11) is 0. The van der Waals surface area contributed by atoms with Gasteiger partial charge < -0.3 is 15.0 Å². The molecule has 1 fully saturated rings. The summed E-state index contributed by atoms with van der Waals surface area (Å²) in [6.45, 7) is 5.01. The van der Waals surface area contributed by atoms with E-state index in [2.05, 4.69) is 5.32 Å². The molecule has 0 saturated carbocycles. The van der Waals surface area contributed by atoms with Crippen LogP contribution in [-0.2, 0) is 9.53 Å². The summed E-state index contributed by atoms with van der Waals surface area (Å²) in [6, 6.07) is 7.68. The van der Waals surface area contributed by atoms with Gasteiger partial charge in [0.15, 0.2) is 0 Å². The fourth-order valence-corrected chi connectivity index (χ4v) is 2.67. The number of rotatable bonds is 5. The van der Waals surface area contributed by atoms with Crippen LogP contribution in [0.2, 0.25) is 5.02 Å². The monoisotopic (exact) mass is 332 g/mol. The zero-order valence-corrected chi connectivity index (χ0v) is 13.8. The standard InChI is InChI=1S/C15H21ClN2O2.ClH/c1-2-9-20-11-15(19)18-8-7-17-10-14(18)12-5-3-4-6-13(12)16;/h3-6,14,17H,2,7-11H2,1H3;1H. The van der Waals surface area contributed by atoms with Gasteiger partial charge in [0.1, 0.15) is 6.61 Å². The number of carbonyl (C=O) groups excluding carboxylic acids is 1. The van der Waals surface area contributed by atoms with Crippen molar-refractivity contribution in [3.63, 3.8) is 0 Å². The maximum atomic E-state index is 12.3. The first-order chi connectivity index (χ1) is 9.74. The number of carbonyl (C=O) groups is 1. The van der Waals surface area contributed by atoms with Crippen LogP contribution < -0.4 is 5.32 Å². The third-order valence-corrected chi connectivity index (χ3v) is 3.75. The molecule has 0 bridgehead atoms. The van der Waals surface area contributed by atoms with Gasteiger partial charge in [-0.15, -0.1) is 12.4 Å². The predicted octanol–water partition coefficient (Wildman–Crippen LogP) is 2.66. The van der Waals surface area contributed by atoms with E-state index in [9.17, 15) is 4.79 Å².